The molecule has 6 heteroatoms. The van der Waals surface area contributed by atoms with Gasteiger partial charge in [-0.3, -0.25) is 4.57 Å². The van der Waals surface area contributed by atoms with Crippen molar-refractivity contribution in [2.24, 2.45) is 0 Å². The van der Waals surface area contributed by atoms with Gasteiger partial charge in [0.05, 0.1) is 28.9 Å². The van der Waals surface area contributed by atoms with Gasteiger partial charge in [-0.05, 0) is 30.3 Å². The van der Waals surface area contributed by atoms with Crippen molar-refractivity contribution in [2.75, 3.05) is 12.8 Å². The van der Waals surface area contributed by atoms with Crippen LogP contribution in [0.15, 0.2) is 36.4 Å². The number of fused-ring (bicyclic) bond motifs is 1. The van der Waals surface area contributed by atoms with E-state index in [0.29, 0.717) is 16.0 Å². The molecule has 0 amide bonds. The Morgan fingerprint density at radius 3 is 2.65 bits per heavy atom. The smallest absolute Gasteiger partial charge is 0.205 e. The Hall–Kier alpha value is -1.91. The van der Waals surface area contributed by atoms with Gasteiger partial charge < -0.3 is 10.5 Å². The Labute approximate surface area is 125 Å². The van der Waals surface area contributed by atoms with Crippen LogP contribution in [0.2, 0.25) is 10.0 Å². The van der Waals surface area contributed by atoms with E-state index in [9.17, 15) is 0 Å². The molecule has 0 aliphatic heterocycles. The predicted molar refractivity (Wildman–Crippen MR) is 82.1 cm³/mol. The summed E-state index contributed by atoms with van der Waals surface area (Å²) < 4.78 is 6.97. The fraction of sp³-hybridized carbons (Fsp3) is 0.0714. The van der Waals surface area contributed by atoms with E-state index >= 15 is 0 Å². The minimum atomic E-state index is 0.359. The highest BCUT2D eigenvalue weighted by atomic mass is 35.5. The number of halogens is 2. The minimum Gasteiger partial charge on any atom is -0.497 e. The van der Waals surface area contributed by atoms with Crippen LogP contribution in [-0.2, 0) is 0 Å². The molecule has 0 bridgehead atoms. The van der Waals surface area contributed by atoms with E-state index in [-0.39, 0.29) is 0 Å². The first-order chi connectivity index (χ1) is 9.60. The number of rotatable bonds is 2. The number of anilines is 1. The Balaban J connectivity index is 2.27. The lowest BCUT2D eigenvalue weighted by atomic mass is 10.2. The largest absolute Gasteiger partial charge is 0.497 e. The van der Waals surface area contributed by atoms with Crippen LogP contribution in [0.25, 0.3) is 16.7 Å². The van der Waals surface area contributed by atoms with E-state index in [1.165, 1.54) is 0 Å². The molecule has 0 atom stereocenters. The number of nitrogen functional groups attached to an aromatic ring is 1. The van der Waals surface area contributed by atoms with Crippen molar-refractivity contribution in [1.82, 2.24) is 9.55 Å². The molecule has 20 heavy (non-hydrogen) atoms. The van der Waals surface area contributed by atoms with Gasteiger partial charge in [-0.2, -0.15) is 0 Å². The quantitative estimate of drug-likeness (QED) is 0.780. The molecule has 1 heterocycles. The first kappa shape index (κ1) is 13.1. The van der Waals surface area contributed by atoms with Crippen LogP contribution in [0.4, 0.5) is 5.95 Å². The van der Waals surface area contributed by atoms with E-state index in [4.69, 9.17) is 33.7 Å². The number of ether oxygens (including phenoxy) is 1. The van der Waals surface area contributed by atoms with Crippen molar-refractivity contribution in [3.05, 3.63) is 46.4 Å². The predicted octanol–water partition coefficient (Wildman–Crippen LogP) is 3.92. The molecule has 3 rings (SSSR count). The summed E-state index contributed by atoms with van der Waals surface area (Å²) in [6, 6.07) is 10.8. The van der Waals surface area contributed by atoms with Crippen LogP contribution >= 0.6 is 23.2 Å². The lowest BCUT2D eigenvalue weighted by Crippen LogP contribution is -2.01. The van der Waals surface area contributed by atoms with Crippen molar-refractivity contribution >= 4 is 40.2 Å². The van der Waals surface area contributed by atoms with E-state index in [1.807, 2.05) is 24.3 Å². The van der Waals surface area contributed by atoms with Crippen molar-refractivity contribution in [2.45, 2.75) is 0 Å². The summed E-state index contributed by atoms with van der Waals surface area (Å²) in [5, 5.41) is 1.09. The zero-order chi connectivity index (χ0) is 14.3. The van der Waals surface area contributed by atoms with Gasteiger partial charge in [-0.1, -0.05) is 23.2 Å². The number of methoxy groups -OCH3 is 1. The summed E-state index contributed by atoms with van der Waals surface area (Å²) in [7, 11) is 1.61. The second-order valence-corrected chi connectivity index (χ2v) is 5.10. The molecule has 102 valence electrons. The van der Waals surface area contributed by atoms with Crippen LogP contribution in [0.5, 0.6) is 5.75 Å². The maximum atomic E-state index is 6.24. The Morgan fingerprint density at radius 2 is 1.95 bits per heavy atom. The molecule has 0 aliphatic rings. The van der Waals surface area contributed by atoms with E-state index in [2.05, 4.69) is 4.98 Å². The second kappa shape index (κ2) is 4.89. The second-order valence-electron chi connectivity index (χ2n) is 4.26. The highest BCUT2D eigenvalue weighted by Gasteiger charge is 2.13. The first-order valence-electron chi connectivity index (χ1n) is 5.87. The monoisotopic (exact) mass is 307 g/mol. The normalized spacial score (nSPS) is 10.9. The average molecular weight is 308 g/mol. The summed E-state index contributed by atoms with van der Waals surface area (Å²) in [4.78, 5) is 4.33. The molecule has 0 unspecified atom stereocenters. The topological polar surface area (TPSA) is 53.1 Å². The van der Waals surface area contributed by atoms with E-state index in [1.54, 1.807) is 23.8 Å². The third-order valence-electron chi connectivity index (χ3n) is 3.04. The zero-order valence-electron chi connectivity index (χ0n) is 10.6. The lowest BCUT2D eigenvalue weighted by Gasteiger charge is -2.09. The molecule has 2 aromatic carbocycles. The molecular weight excluding hydrogens is 297 g/mol. The Bertz CT molecular complexity index is 798. The minimum absolute atomic E-state index is 0.359. The molecule has 1 aromatic heterocycles. The van der Waals surface area contributed by atoms with Crippen molar-refractivity contribution in [3.8, 4) is 11.4 Å². The fourth-order valence-corrected chi connectivity index (χ4v) is 2.61. The zero-order valence-corrected chi connectivity index (χ0v) is 12.1. The van der Waals surface area contributed by atoms with Gasteiger partial charge >= 0.3 is 0 Å². The van der Waals surface area contributed by atoms with Gasteiger partial charge in [0.25, 0.3) is 0 Å². The molecule has 0 aliphatic carbocycles. The number of nitrogens with two attached hydrogens (primary N) is 1. The standard InChI is InChI=1S/C14H11Cl2N3O/c1-20-9-3-5-13-11(7-9)18-14(17)19(13)12-4-2-8(15)6-10(12)16/h2-7H,1H3,(H2,17,18). The third-order valence-corrected chi connectivity index (χ3v) is 3.58. The van der Waals surface area contributed by atoms with Crippen molar-refractivity contribution in [3.63, 3.8) is 0 Å². The molecule has 0 saturated carbocycles. The number of aromatic nitrogens is 2. The molecule has 2 N–H and O–H groups in total. The molecule has 0 spiro atoms. The van der Waals surface area contributed by atoms with Crippen LogP contribution in [0.1, 0.15) is 0 Å². The summed E-state index contributed by atoms with van der Waals surface area (Å²) in [6.07, 6.45) is 0. The average Bonchev–Trinajstić information content (AvgIpc) is 2.74. The molecule has 3 aromatic rings. The van der Waals surface area contributed by atoms with Gasteiger partial charge in [-0.15, -0.1) is 0 Å². The third kappa shape index (κ3) is 2.07. The SMILES string of the molecule is COc1ccc2c(c1)nc(N)n2-c1ccc(Cl)cc1Cl. The molecular formula is C14H11Cl2N3O. The lowest BCUT2D eigenvalue weighted by molar-refractivity contribution is 0.415. The number of imidazole rings is 1. The van der Waals surface area contributed by atoms with Gasteiger partial charge in [0.1, 0.15) is 5.75 Å². The van der Waals surface area contributed by atoms with Crippen molar-refractivity contribution < 1.29 is 4.74 Å². The maximum absolute atomic E-state index is 6.24. The summed E-state index contributed by atoms with van der Waals surface area (Å²) in [5.41, 5.74) is 8.34. The van der Waals surface area contributed by atoms with Crippen LogP contribution < -0.4 is 10.5 Å². The molecule has 0 saturated heterocycles. The highest BCUT2D eigenvalue weighted by Crippen LogP contribution is 2.31. The van der Waals surface area contributed by atoms with Crippen LogP contribution in [-0.4, -0.2) is 16.7 Å². The van der Waals surface area contributed by atoms with Crippen LogP contribution in [0.3, 0.4) is 0 Å². The summed E-state index contributed by atoms with van der Waals surface area (Å²) in [5.74, 6) is 1.09. The van der Waals surface area contributed by atoms with Crippen molar-refractivity contribution in [1.29, 1.82) is 0 Å². The molecule has 4 nitrogen and oxygen atoms in total. The van der Waals surface area contributed by atoms with E-state index < -0.39 is 0 Å². The summed E-state index contributed by atoms with van der Waals surface area (Å²) >= 11 is 12.2. The number of hydrogen-bond donors (Lipinski definition) is 1. The maximum Gasteiger partial charge on any atom is 0.205 e. The van der Waals surface area contributed by atoms with E-state index in [0.717, 1.165) is 22.5 Å². The van der Waals surface area contributed by atoms with Crippen LogP contribution in [0, 0.1) is 0 Å². The number of hydrogen-bond acceptors (Lipinski definition) is 3. The highest BCUT2D eigenvalue weighted by molar-refractivity contribution is 6.35. The molecule has 0 radical (unpaired) electrons. The Morgan fingerprint density at radius 1 is 1.15 bits per heavy atom. The number of benzene rings is 2. The fourth-order valence-electron chi connectivity index (χ4n) is 2.12. The molecule has 0 fully saturated rings. The summed E-state index contributed by atoms with van der Waals surface area (Å²) in [6.45, 7) is 0. The van der Waals surface area contributed by atoms with Gasteiger partial charge in [0, 0.05) is 11.1 Å². The van der Waals surface area contributed by atoms with Gasteiger partial charge in [0.2, 0.25) is 5.95 Å². The van der Waals surface area contributed by atoms with Gasteiger partial charge in [-0.25, -0.2) is 4.98 Å². The Kier molecular flexibility index (Phi) is 3.20. The van der Waals surface area contributed by atoms with Gasteiger partial charge in [0.15, 0.2) is 0 Å². The number of nitrogens with zero attached hydrogens (tertiary/aromatic N) is 2. The first-order valence-corrected chi connectivity index (χ1v) is 6.63.